The van der Waals surface area contributed by atoms with Crippen LogP contribution in [0.5, 0.6) is 0 Å². The first-order valence-electron chi connectivity index (χ1n) is 8.63. The van der Waals surface area contributed by atoms with Crippen LogP contribution in [0.2, 0.25) is 0 Å². The van der Waals surface area contributed by atoms with Crippen molar-refractivity contribution in [2.75, 3.05) is 24.5 Å². The number of carbonyl (C=O) groups is 2. The van der Waals surface area contributed by atoms with Gasteiger partial charge in [0.05, 0.1) is 10.8 Å². The van der Waals surface area contributed by atoms with Crippen LogP contribution in [0.4, 0.5) is 5.69 Å². The van der Waals surface area contributed by atoms with Gasteiger partial charge in [0.2, 0.25) is 21.8 Å². The minimum absolute atomic E-state index is 0. The number of sulfonamides is 1. The quantitative estimate of drug-likeness (QED) is 0.736. The zero-order chi connectivity index (χ0) is 19.1. The second kappa shape index (κ2) is 8.14. The summed E-state index contributed by atoms with van der Waals surface area (Å²) in [6.07, 6.45) is 0.130. The summed E-state index contributed by atoms with van der Waals surface area (Å²) in [4.78, 5) is 28.5. The topological polar surface area (TPSA) is 113 Å². The number of carbonyl (C=O) groups excluding carboxylic acids is 2. The summed E-state index contributed by atoms with van der Waals surface area (Å²) in [6, 6.07) is 6.36. The first-order valence-corrected chi connectivity index (χ1v) is 10.2. The van der Waals surface area contributed by atoms with Crippen LogP contribution in [0.25, 0.3) is 0 Å². The largest absolute Gasteiger partial charge is 0.339 e. The zero-order valence-electron chi connectivity index (χ0n) is 15.3. The average molecular weight is 417 g/mol. The summed E-state index contributed by atoms with van der Waals surface area (Å²) in [7, 11) is -3.85. The van der Waals surface area contributed by atoms with Crippen molar-refractivity contribution in [3.05, 3.63) is 24.3 Å². The summed E-state index contributed by atoms with van der Waals surface area (Å²) in [5, 5.41) is 8.54. The number of amides is 2. The molecular formula is C17H25ClN4O4S. The summed E-state index contributed by atoms with van der Waals surface area (Å²) >= 11 is 0. The number of hydrogen-bond acceptors (Lipinski definition) is 5. The first kappa shape index (κ1) is 21.6. The summed E-state index contributed by atoms with van der Waals surface area (Å²) in [5.41, 5.74) is 0.443. The summed E-state index contributed by atoms with van der Waals surface area (Å²) in [5.74, 6) is -0.632. The van der Waals surface area contributed by atoms with Gasteiger partial charge in [-0.15, -0.1) is 12.4 Å². The fraction of sp³-hybridized carbons (Fsp3) is 0.529. The molecule has 0 aliphatic carbocycles. The van der Waals surface area contributed by atoms with Gasteiger partial charge < -0.3 is 15.1 Å². The van der Waals surface area contributed by atoms with Crippen molar-refractivity contribution in [3.63, 3.8) is 0 Å². The second-order valence-electron chi connectivity index (χ2n) is 7.16. The Bertz CT molecular complexity index is 822. The van der Waals surface area contributed by atoms with Gasteiger partial charge in [0.25, 0.3) is 0 Å². The third-order valence-electron chi connectivity index (χ3n) is 4.80. The number of nitrogens with one attached hydrogen (secondary N) is 1. The smallest absolute Gasteiger partial charge is 0.238 e. The molecule has 0 aromatic heterocycles. The van der Waals surface area contributed by atoms with Crippen molar-refractivity contribution >= 4 is 39.9 Å². The van der Waals surface area contributed by atoms with Gasteiger partial charge in [0.15, 0.2) is 0 Å². The molecule has 3 unspecified atom stereocenters. The lowest BCUT2D eigenvalue weighted by atomic mass is 10.0. The van der Waals surface area contributed by atoms with Crippen LogP contribution in [-0.2, 0) is 19.6 Å². The minimum Gasteiger partial charge on any atom is -0.339 e. The van der Waals surface area contributed by atoms with E-state index in [-0.39, 0.29) is 54.2 Å². The van der Waals surface area contributed by atoms with E-state index in [1.165, 1.54) is 23.1 Å². The molecule has 27 heavy (non-hydrogen) atoms. The molecule has 1 aromatic rings. The molecule has 2 saturated heterocycles. The van der Waals surface area contributed by atoms with E-state index < -0.39 is 15.9 Å². The molecule has 8 nitrogen and oxygen atoms in total. The number of anilines is 1. The molecule has 0 spiro atoms. The van der Waals surface area contributed by atoms with Gasteiger partial charge in [0.1, 0.15) is 0 Å². The van der Waals surface area contributed by atoms with Gasteiger partial charge in [-0.2, -0.15) is 0 Å². The van der Waals surface area contributed by atoms with Crippen LogP contribution < -0.4 is 15.4 Å². The van der Waals surface area contributed by atoms with Crippen LogP contribution in [0.1, 0.15) is 20.3 Å². The van der Waals surface area contributed by atoms with Crippen molar-refractivity contribution in [2.45, 2.75) is 37.2 Å². The van der Waals surface area contributed by atoms with Gasteiger partial charge >= 0.3 is 0 Å². The number of halogens is 1. The Hall–Kier alpha value is -1.68. The number of hydrogen-bond donors (Lipinski definition) is 2. The van der Waals surface area contributed by atoms with Gasteiger partial charge in [0, 0.05) is 43.8 Å². The third-order valence-corrected chi connectivity index (χ3v) is 5.71. The first-order chi connectivity index (χ1) is 12.1. The Morgan fingerprint density at radius 3 is 2.41 bits per heavy atom. The number of piperazine rings is 1. The SMILES string of the molecule is CC1CN(C(=O)C2CC(=O)N(c3cccc(S(N)(=O)=O)c3)C2)CC(C)N1.Cl. The van der Waals surface area contributed by atoms with Crippen molar-refractivity contribution < 1.29 is 18.0 Å². The number of primary sulfonamides is 1. The number of rotatable bonds is 3. The molecule has 3 atom stereocenters. The standard InChI is InChI=1S/C17H24N4O4S.ClH/c1-11-8-20(9-12(2)19-11)17(23)13-6-16(22)21(10-13)14-4-3-5-15(7-14)26(18,24)25;/h3-5,7,11-13,19H,6,8-10H2,1-2H3,(H2,18,24,25);1H. The van der Waals surface area contributed by atoms with Crippen LogP contribution in [0.3, 0.4) is 0 Å². The maximum absolute atomic E-state index is 12.8. The van der Waals surface area contributed by atoms with Crippen LogP contribution >= 0.6 is 12.4 Å². The van der Waals surface area contributed by atoms with Crippen LogP contribution in [0, 0.1) is 5.92 Å². The van der Waals surface area contributed by atoms with Crippen LogP contribution in [0.15, 0.2) is 29.2 Å². The van der Waals surface area contributed by atoms with Crippen molar-refractivity contribution in [3.8, 4) is 0 Å². The molecule has 0 bridgehead atoms. The number of benzene rings is 1. The van der Waals surface area contributed by atoms with Gasteiger partial charge in [-0.05, 0) is 32.0 Å². The molecule has 2 heterocycles. The predicted octanol–water partition coefficient (Wildman–Crippen LogP) is 0.318. The van der Waals surface area contributed by atoms with E-state index >= 15 is 0 Å². The molecule has 3 N–H and O–H groups in total. The van der Waals surface area contributed by atoms with Crippen molar-refractivity contribution in [2.24, 2.45) is 11.1 Å². The Labute approximate surface area is 165 Å². The van der Waals surface area contributed by atoms with E-state index in [0.29, 0.717) is 18.8 Å². The fourth-order valence-electron chi connectivity index (χ4n) is 3.72. The fourth-order valence-corrected chi connectivity index (χ4v) is 4.27. The third kappa shape index (κ3) is 4.78. The minimum atomic E-state index is -3.85. The molecule has 2 fully saturated rings. The van der Waals surface area contributed by atoms with E-state index in [9.17, 15) is 18.0 Å². The van der Waals surface area contributed by atoms with Crippen molar-refractivity contribution in [1.82, 2.24) is 10.2 Å². The molecule has 1 aromatic carbocycles. The zero-order valence-corrected chi connectivity index (χ0v) is 16.9. The molecule has 150 valence electrons. The summed E-state index contributed by atoms with van der Waals surface area (Å²) in [6.45, 7) is 5.55. The molecule has 2 amide bonds. The highest BCUT2D eigenvalue weighted by Crippen LogP contribution is 2.28. The lowest BCUT2D eigenvalue weighted by molar-refractivity contribution is -0.137. The van der Waals surface area contributed by atoms with E-state index in [1.54, 1.807) is 6.07 Å². The van der Waals surface area contributed by atoms with E-state index in [1.807, 2.05) is 18.7 Å². The molecule has 2 aliphatic heterocycles. The number of nitrogens with two attached hydrogens (primary N) is 1. The van der Waals surface area contributed by atoms with E-state index in [4.69, 9.17) is 5.14 Å². The second-order valence-corrected chi connectivity index (χ2v) is 8.72. The van der Waals surface area contributed by atoms with Gasteiger partial charge in [-0.1, -0.05) is 6.07 Å². The lowest BCUT2D eigenvalue weighted by Crippen LogP contribution is -2.57. The Morgan fingerprint density at radius 1 is 1.19 bits per heavy atom. The molecule has 0 saturated carbocycles. The van der Waals surface area contributed by atoms with Gasteiger partial charge in [-0.25, -0.2) is 13.6 Å². The Morgan fingerprint density at radius 2 is 1.81 bits per heavy atom. The maximum Gasteiger partial charge on any atom is 0.238 e. The maximum atomic E-state index is 12.8. The monoisotopic (exact) mass is 416 g/mol. The Kier molecular flexibility index (Phi) is 6.51. The van der Waals surface area contributed by atoms with Crippen molar-refractivity contribution in [1.29, 1.82) is 0 Å². The highest BCUT2D eigenvalue weighted by atomic mass is 35.5. The van der Waals surface area contributed by atoms with Gasteiger partial charge in [-0.3, -0.25) is 9.59 Å². The summed E-state index contributed by atoms with van der Waals surface area (Å²) < 4.78 is 23.1. The lowest BCUT2D eigenvalue weighted by Gasteiger charge is -2.37. The molecule has 3 rings (SSSR count). The molecular weight excluding hydrogens is 392 g/mol. The number of nitrogens with zero attached hydrogens (tertiary/aromatic N) is 2. The highest BCUT2D eigenvalue weighted by molar-refractivity contribution is 7.89. The molecule has 0 radical (unpaired) electrons. The van der Waals surface area contributed by atoms with Crippen LogP contribution in [-0.4, -0.2) is 56.9 Å². The highest BCUT2D eigenvalue weighted by Gasteiger charge is 2.38. The Balaban J connectivity index is 0.00000261. The predicted molar refractivity (Wildman–Crippen MR) is 104 cm³/mol. The average Bonchev–Trinajstić information content (AvgIpc) is 2.94. The van der Waals surface area contributed by atoms with E-state index in [2.05, 4.69) is 5.32 Å². The van der Waals surface area contributed by atoms with E-state index in [0.717, 1.165) is 0 Å². The normalized spacial score (nSPS) is 26.0. The molecule has 10 heteroatoms. The molecule has 2 aliphatic rings.